The molecule has 2 rings (SSSR count). The number of nitrogens with one attached hydrogen (secondary N) is 1. The van der Waals surface area contributed by atoms with Gasteiger partial charge in [0.05, 0.1) is 5.39 Å². The van der Waals surface area contributed by atoms with Gasteiger partial charge < -0.3 is 4.98 Å². The van der Waals surface area contributed by atoms with E-state index in [2.05, 4.69) is 21.5 Å². The molecule has 2 heterocycles. The molecule has 3 nitrogen and oxygen atoms in total. The molecule has 0 saturated carbocycles. The number of rotatable bonds is 1. The summed E-state index contributed by atoms with van der Waals surface area (Å²) in [4.78, 5) is 10.9. The van der Waals surface area contributed by atoms with E-state index in [0.29, 0.717) is 5.15 Å². The van der Waals surface area contributed by atoms with Crippen LogP contribution in [0.1, 0.15) is 5.56 Å². The molecule has 0 spiro atoms. The highest BCUT2D eigenvalue weighted by molar-refractivity contribution is 6.34. The van der Waals surface area contributed by atoms with Gasteiger partial charge in [-0.05, 0) is 0 Å². The summed E-state index contributed by atoms with van der Waals surface area (Å²) in [5, 5.41) is 1.28. The maximum Gasteiger partial charge on any atom is 0.142 e. The van der Waals surface area contributed by atoms with Gasteiger partial charge in [0.15, 0.2) is 0 Å². The Morgan fingerprint density at radius 1 is 1.50 bits per heavy atom. The summed E-state index contributed by atoms with van der Waals surface area (Å²) < 4.78 is 0. The molecular weight excluding hydrogens is 174 g/mol. The van der Waals surface area contributed by atoms with E-state index in [1.54, 1.807) is 12.3 Å². The number of aromatic amines is 1. The van der Waals surface area contributed by atoms with Crippen LogP contribution in [0.3, 0.4) is 0 Å². The first-order valence-electron chi connectivity index (χ1n) is 3.43. The van der Waals surface area contributed by atoms with E-state index in [4.69, 9.17) is 11.6 Å². The second-order valence-electron chi connectivity index (χ2n) is 2.34. The lowest BCUT2D eigenvalue weighted by molar-refractivity contribution is 1.20. The lowest BCUT2D eigenvalue weighted by Crippen LogP contribution is -1.81. The third kappa shape index (κ3) is 0.905. The lowest BCUT2D eigenvalue weighted by Gasteiger charge is -1.91. The molecule has 4 heteroatoms. The molecule has 0 fully saturated rings. The molecular formula is C8H6ClN3. The Morgan fingerprint density at radius 3 is 3.08 bits per heavy atom. The number of aromatic nitrogens is 3. The van der Waals surface area contributed by atoms with Crippen molar-refractivity contribution in [1.29, 1.82) is 0 Å². The second kappa shape index (κ2) is 2.60. The van der Waals surface area contributed by atoms with E-state index < -0.39 is 0 Å². The molecule has 2 aromatic rings. The first kappa shape index (κ1) is 7.31. The average molecular weight is 180 g/mol. The molecule has 0 bridgehead atoms. The number of hydrogen-bond acceptors (Lipinski definition) is 2. The molecule has 0 aliphatic carbocycles. The van der Waals surface area contributed by atoms with Gasteiger partial charge in [-0.15, -0.1) is 0 Å². The lowest BCUT2D eigenvalue weighted by atomic mass is 10.2. The van der Waals surface area contributed by atoms with Crippen LogP contribution in [0.25, 0.3) is 17.1 Å². The van der Waals surface area contributed by atoms with Gasteiger partial charge in [0, 0.05) is 11.8 Å². The molecule has 60 valence electrons. The van der Waals surface area contributed by atoms with Gasteiger partial charge in [-0.2, -0.15) is 0 Å². The van der Waals surface area contributed by atoms with E-state index in [9.17, 15) is 0 Å². The average Bonchev–Trinajstić information content (AvgIpc) is 2.49. The molecule has 0 radical (unpaired) electrons. The fourth-order valence-electron chi connectivity index (χ4n) is 1.11. The SMILES string of the molecule is C=Cc1c[nH]c2ncnc(Cl)c12. The van der Waals surface area contributed by atoms with Gasteiger partial charge in [-0.1, -0.05) is 24.3 Å². The number of fused-ring (bicyclic) bond motifs is 1. The van der Waals surface area contributed by atoms with E-state index >= 15 is 0 Å². The van der Waals surface area contributed by atoms with E-state index in [-0.39, 0.29) is 0 Å². The summed E-state index contributed by atoms with van der Waals surface area (Å²) in [6.07, 6.45) is 4.94. The number of hydrogen-bond donors (Lipinski definition) is 1. The van der Waals surface area contributed by atoms with Crippen LogP contribution in [0.5, 0.6) is 0 Å². The third-order valence-electron chi connectivity index (χ3n) is 1.67. The minimum absolute atomic E-state index is 0.455. The molecule has 0 saturated heterocycles. The van der Waals surface area contributed by atoms with Crippen LogP contribution in [-0.4, -0.2) is 15.0 Å². The smallest absolute Gasteiger partial charge is 0.142 e. The topological polar surface area (TPSA) is 41.6 Å². The minimum Gasteiger partial charge on any atom is -0.345 e. The summed E-state index contributed by atoms with van der Waals surface area (Å²) in [6.45, 7) is 3.66. The zero-order valence-electron chi connectivity index (χ0n) is 6.21. The summed E-state index contributed by atoms with van der Waals surface area (Å²) in [6, 6.07) is 0. The highest BCUT2D eigenvalue weighted by Crippen LogP contribution is 2.23. The van der Waals surface area contributed by atoms with E-state index in [0.717, 1.165) is 16.6 Å². The second-order valence-corrected chi connectivity index (χ2v) is 2.69. The fourth-order valence-corrected chi connectivity index (χ4v) is 1.35. The van der Waals surface area contributed by atoms with Crippen LogP contribution in [0.2, 0.25) is 5.15 Å². The summed E-state index contributed by atoms with van der Waals surface area (Å²) in [7, 11) is 0. The van der Waals surface area contributed by atoms with Gasteiger partial charge in [0.2, 0.25) is 0 Å². The van der Waals surface area contributed by atoms with Crippen molar-refractivity contribution >= 4 is 28.7 Å². The predicted octanol–water partition coefficient (Wildman–Crippen LogP) is 2.25. The minimum atomic E-state index is 0.455. The number of nitrogens with zero attached hydrogens (tertiary/aromatic N) is 2. The highest BCUT2D eigenvalue weighted by atomic mass is 35.5. The Hall–Kier alpha value is -1.35. The first-order chi connectivity index (χ1) is 5.83. The van der Waals surface area contributed by atoms with Crippen molar-refractivity contribution in [3.05, 3.63) is 29.8 Å². The molecule has 1 N–H and O–H groups in total. The Kier molecular flexibility index (Phi) is 1.59. The van der Waals surface area contributed by atoms with Crippen molar-refractivity contribution in [3.8, 4) is 0 Å². The Labute approximate surface area is 74.1 Å². The predicted molar refractivity (Wildman–Crippen MR) is 49.0 cm³/mol. The molecule has 0 unspecified atom stereocenters. The Morgan fingerprint density at radius 2 is 2.33 bits per heavy atom. The van der Waals surface area contributed by atoms with Gasteiger partial charge in [-0.25, -0.2) is 9.97 Å². The first-order valence-corrected chi connectivity index (χ1v) is 3.80. The number of halogens is 1. The van der Waals surface area contributed by atoms with Crippen molar-refractivity contribution in [1.82, 2.24) is 15.0 Å². The molecule has 0 amide bonds. The molecule has 0 aliphatic heterocycles. The molecule has 2 aromatic heterocycles. The maximum absolute atomic E-state index is 5.86. The van der Waals surface area contributed by atoms with Crippen LogP contribution in [0, 0.1) is 0 Å². The molecule has 0 aliphatic rings. The van der Waals surface area contributed by atoms with Crippen LogP contribution < -0.4 is 0 Å². The Bertz CT molecular complexity index is 433. The van der Waals surface area contributed by atoms with Gasteiger partial charge in [0.1, 0.15) is 17.1 Å². The van der Waals surface area contributed by atoms with Crippen LogP contribution in [-0.2, 0) is 0 Å². The summed E-state index contributed by atoms with van der Waals surface area (Å²) >= 11 is 5.86. The zero-order chi connectivity index (χ0) is 8.55. The van der Waals surface area contributed by atoms with Gasteiger partial charge >= 0.3 is 0 Å². The molecule has 0 aromatic carbocycles. The summed E-state index contributed by atoms with van der Waals surface area (Å²) in [5.41, 5.74) is 1.67. The Balaban J connectivity index is 2.91. The maximum atomic E-state index is 5.86. The summed E-state index contributed by atoms with van der Waals surface area (Å²) in [5.74, 6) is 0. The van der Waals surface area contributed by atoms with Crippen LogP contribution >= 0.6 is 11.6 Å². The van der Waals surface area contributed by atoms with Crippen LogP contribution in [0.15, 0.2) is 19.1 Å². The van der Waals surface area contributed by atoms with Gasteiger partial charge in [0.25, 0.3) is 0 Å². The standard InChI is InChI=1S/C8H6ClN3/c1-2-5-3-10-8-6(5)7(9)11-4-12-8/h2-4H,1H2,(H,10,11,12). The highest BCUT2D eigenvalue weighted by Gasteiger charge is 2.05. The third-order valence-corrected chi connectivity index (χ3v) is 1.96. The van der Waals surface area contributed by atoms with Gasteiger partial charge in [-0.3, -0.25) is 0 Å². The van der Waals surface area contributed by atoms with E-state index in [1.807, 2.05) is 0 Å². The normalized spacial score (nSPS) is 10.4. The van der Waals surface area contributed by atoms with Crippen molar-refractivity contribution < 1.29 is 0 Å². The van der Waals surface area contributed by atoms with Crippen molar-refractivity contribution in [2.75, 3.05) is 0 Å². The van der Waals surface area contributed by atoms with Crippen LogP contribution in [0.4, 0.5) is 0 Å². The van der Waals surface area contributed by atoms with E-state index in [1.165, 1.54) is 6.33 Å². The quantitative estimate of drug-likeness (QED) is 0.683. The fraction of sp³-hybridized carbons (Fsp3) is 0. The van der Waals surface area contributed by atoms with Crippen molar-refractivity contribution in [2.45, 2.75) is 0 Å². The monoisotopic (exact) mass is 179 g/mol. The molecule has 12 heavy (non-hydrogen) atoms. The molecule has 0 atom stereocenters. The van der Waals surface area contributed by atoms with Crippen molar-refractivity contribution in [2.24, 2.45) is 0 Å². The largest absolute Gasteiger partial charge is 0.345 e. The number of H-pyrrole nitrogens is 1. The van der Waals surface area contributed by atoms with Crippen molar-refractivity contribution in [3.63, 3.8) is 0 Å². The zero-order valence-corrected chi connectivity index (χ0v) is 6.97.